The predicted octanol–water partition coefficient (Wildman–Crippen LogP) is 4.36. The highest BCUT2D eigenvalue weighted by Crippen LogP contribution is 2.43. The fourth-order valence-corrected chi connectivity index (χ4v) is 4.52. The van der Waals surface area contributed by atoms with Crippen molar-refractivity contribution in [2.75, 3.05) is 26.9 Å². The summed E-state index contributed by atoms with van der Waals surface area (Å²) in [5.41, 5.74) is -1.75. The summed E-state index contributed by atoms with van der Waals surface area (Å²) in [6, 6.07) is 4.55. The van der Waals surface area contributed by atoms with E-state index in [1.165, 1.54) is 18.0 Å². The second-order valence-corrected chi connectivity index (χ2v) is 10.6. The van der Waals surface area contributed by atoms with Crippen LogP contribution in [0.25, 0.3) is 0 Å². The Morgan fingerprint density at radius 3 is 2.82 bits per heavy atom. The number of carbonyl (C=O) groups is 2. The number of ether oxygens (including phenoxy) is 3. The van der Waals surface area contributed by atoms with E-state index in [0.717, 1.165) is 12.8 Å². The molecular weight excluding hydrogens is 509 g/mol. The third-order valence-electron chi connectivity index (χ3n) is 5.87. The highest BCUT2D eigenvalue weighted by molar-refractivity contribution is 9.10. The van der Waals surface area contributed by atoms with Crippen LogP contribution < -0.4 is 5.32 Å². The minimum atomic E-state index is -1.25. The van der Waals surface area contributed by atoms with Crippen LogP contribution in [-0.2, 0) is 24.5 Å². The van der Waals surface area contributed by atoms with Crippen molar-refractivity contribution in [3.8, 4) is 0 Å². The molecule has 2 saturated heterocycles. The molecule has 0 saturated carbocycles. The van der Waals surface area contributed by atoms with Crippen molar-refractivity contribution in [3.63, 3.8) is 0 Å². The first-order chi connectivity index (χ1) is 16.0. The fraction of sp³-hybridized carbons (Fsp3) is 0.625. The number of nitrogens with one attached hydrogen (secondary N) is 1. The molecule has 10 heteroatoms. The molecule has 1 aromatic carbocycles. The van der Waals surface area contributed by atoms with Crippen LogP contribution in [-0.4, -0.2) is 61.4 Å². The van der Waals surface area contributed by atoms with E-state index in [0.29, 0.717) is 24.1 Å². The number of halogens is 2. The third-order valence-corrected chi connectivity index (χ3v) is 6.36. The second-order valence-electron chi connectivity index (χ2n) is 9.68. The van der Waals surface area contributed by atoms with Crippen LogP contribution in [0.2, 0.25) is 0 Å². The van der Waals surface area contributed by atoms with Gasteiger partial charge in [-0.1, -0.05) is 29.3 Å². The molecule has 34 heavy (non-hydrogen) atoms. The van der Waals surface area contributed by atoms with Gasteiger partial charge in [0.1, 0.15) is 17.0 Å². The predicted molar refractivity (Wildman–Crippen MR) is 129 cm³/mol. The van der Waals surface area contributed by atoms with Crippen LogP contribution in [0.3, 0.4) is 0 Å². The number of amides is 2. The Kier molecular flexibility index (Phi) is 8.36. The summed E-state index contributed by atoms with van der Waals surface area (Å²) in [5.74, 6) is -1.46. The molecule has 0 spiro atoms. The van der Waals surface area contributed by atoms with Crippen molar-refractivity contribution in [3.05, 3.63) is 34.1 Å². The Hall–Kier alpha value is -2.04. The Balaban J connectivity index is 1.97. The molecule has 0 aromatic heterocycles. The quantitative estimate of drug-likeness (QED) is 0.538. The first kappa shape index (κ1) is 26.6. The largest absolute Gasteiger partial charge is 0.442 e. The molecule has 2 aliphatic heterocycles. The van der Waals surface area contributed by atoms with Crippen LogP contribution in [0.5, 0.6) is 0 Å². The zero-order valence-electron chi connectivity index (χ0n) is 20.3. The topological polar surface area (TPSA) is 89.5 Å². The lowest BCUT2D eigenvalue weighted by molar-refractivity contribution is -0.153. The van der Waals surface area contributed by atoms with E-state index in [-0.39, 0.29) is 30.1 Å². The van der Waals surface area contributed by atoms with E-state index < -0.39 is 29.0 Å². The van der Waals surface area contributed by atoms with Gasteiger partial charge in [0.2, 0.25) is 11.9 Å². The summed E-state index contributed by atoms with van der Waals surface area (Å²) in [7, 11) is 1.53. The number of carbonyl (C=O) groups excluding carboxylic acids is 2. The Morgan fingerprint density at radius 2 is 2.15 bits per heavy atom. The van der Waals surface area contributed by atoms with E-state index in [1.54, 1.807) is 32.9 Å². The molecular formula is C24H33BrFN3O5. The minimum absolute atomic E-state index is 0.000235. The van der Waals surface area contributed by atoms with Gasteiger partial charge in [0.25, 0.3) is 0 Å². The zero-order chi connectivity index (χ0) is 25.1. The molecule has 3 atom stereocenters. The lowest BCUT2D eigenvalue weighted by Gasteiger charge is -2.51. The molecule has 188 valence electrons. The average Bonchev–Trinajstić information content (AvgIpc) is 2.75. The van der Waals surface area contributed by atoms with Crippen LogP contribution in [0.15, 0.2) is 27.7 Å². The lowest BCUT2D eigenvalue weighted by Crippen LogP contribution is -2.69. The van der Waals surface area contributed by atoms with Crippen LogP contribution in [0.1, 0.15) is 52.5 Å². The fourth-order valence-electron chi connectivity index (χ4n) is 4.16. The first-order valence-corrected chi connectivity index (χ1v) is 12.3. The maximum atomic E-state index is 15.1. The number of hydrogen-bond donors (Lipinski definition) is 1. The summed E-state index contributed by atoms with van der Waals surface area (Å²) in [4.78, 5) is 31.2. The van der Waals surface area contributed by atoms with Gasteiger partial charge in [0.05, 0.1) is 25.2 Å². The standard InChI is InChI=1S/C24H33BrFN3O5/c1-6-7-10-32-13-16-12-18-20(30)29(5)21(27-22(31)34-23(2,3)4)28-24(18,14-33-16)17-11-15(25)8-9-19(17)26/h8-9,11,16,18H,6-7,10,12-14H2,1-5H3,(H,27,28,31)/t16-,18+,24-/m1/s1. The summed E-state index contributed by atoms with van der Waals surface area (Å²) < 4.78 is 32.9. The van der Waals surface area contributed by atoms with Gasteiger partial charge in [-0.25, -0.2) is 9.18 Å². The van der Waals surface area contributed by atoms with Gasteiger partial charge in [-0.3, -0.25) is 9.69 Å². The van der Waals surface area contributed by atoms with Crippen molar-refractivity contribution >= 4 is 33.9 Å². The van der Waals surface area contributed by atoms with Crippen LogP contribution >= 0.6 is 15.9 Å². The van der Waals surface area contributed by atoms with Crippen molar-refractivity contribution in [2.45, 2.75) is 64.2 Å². The normalized spacial score (nSPS) is 26.3. The van der Waals surface area contributed by atoms with Crippen molar-refractivity contribution in [1.82, 2.24) is 10.2 Å². The van der Waals surface area contributed by atoms with Crippen molar-refractivity contribution in [2.24, 2.45) is 10.9 Å². The van der Waals surface area contributed by atoms with Crippen LogP contribution in [0.4, 0.5) is 9.18 Å². The second kappa shape index (κ2) is 10.7. The molecule has 0 aliphatic carbocycles. The minimum Gasteiger partial charge on any atom is -0.442 e. The summed E-state index contributed by atoms with van der Waals surface area (Å²) in [6.45, 7) is 8.22. The Labute approximate surface area is 208 Å². The maximum absolute atomic E-state index is 15.1. The zero-order valence-corrected chi connectivity index (χ0v) is 21.9. The SMILES string of the molecule is CCCCOC[C@H]1C[C@H]2C(=O)N(C)/C(=N\C(=O)OC(C)(C)C)N[C@@]2(c2cc(Br)ccc2F)CO1. The molecule has 2 fully saturated rings. The molecule has 0 radical (unpaired) electrons. The highest BCUT2D eigenvalue weighted by Gasteiger charge is 2.55. The van der Waals surface area contributed by atoms with Gasteiger partial charge in [-0.15, -0.1) is 4.99 Å². The molecule has 2 aliphatic rings. The van der Waals surface area contributed by atoms with Gasteiger partial charge < -0.3 is 19.5 Å². The van der Waals surface area contributed by atoms with E-state index in [9.17, 15) is 9.59 Å². The number of aliphatic imine (C=N–C) groups is 1. The van der Waals surface area contributed by atoms with Gasteiger partial charge in [0.15, 0.2) is 0 Å². The van der Waals surface area contributed by atoms with Gasteiger partial charge in [-0.05, 0) is 51.8 Å². The Bertz CT molecular complexity index is 951. The van der Waals surface area contributed by atoms with E-state index >= 15 is 4.39 Å². The number of nitrogens with zero attached hydrogens (tertiary/aromatic N) is 2. The number of fused-ring (bicyclic) bond motifs is 1. The number of rotatable bonds is 6. The average molecular weight is 542 g/mol. The van der Waals surface area contributed by atoms with Gasteiger partial charge in [0, 0.05) is 23.7 Å². The molecule has 8 nitrogen and oxygen atoms in total. The van der Waals surface area contributed by atoms with Crippen LogP contribution in [0, 0.1) is 11.7 Å². The summed E-state index contributed by atoms with van der Waals surface area (Å²) in [5, 5.41) is 3.17. The van der Waals surface area contributed by atoms with E-state index in [1.807, 2.05) is 0 Å². The number of guanidine groups is 1. The number of benzene rings is 1. The number of unbranched alkanes of at least 4 members (excludes halogenated alkanes) is 1. The smallest absolute Gasteiger partial charge is 0.437 e. The Morgan fingerprint density at radius 1 is 1.41 bits per heavy atom. The lowest BCUT2D eigenvalue weighted by atomic mass is 9.72. The molecule has 0 unspecified atom stereocenters. The molecule has 3 rings (SSSR count). The molecule has 1 N–H and O–H groups in total. The first-order valence-electron chi connectivity index (χ1n) is 11.5. The molecule has 2 heterocycles. The number of hydrogen-bond acceptors (Lipinski definition) is 5. The van der Waals surface area contributed by atoms with E-state index in [2.05, 4.69) is 33.2 Å². The maximum Gasteiger partial charge on any atom is 0.437 e. The van der Waals surface area contributed by atoms with Crippen molar-refractivity contribution in [1.29, 1.82) is 0 Å². The van der Waals surface area contributed by atoms with Gasteiger partial charge in [-0.2, -0.15) is 0 Å². The van der Waals surface area contributed by atoms with E-state index in [4.69, 9.17) is 14.2 Å². The van der Waals surface area contributed by atoms with Gasteiger partial charge >= 0.3 is 6.09 Å². The van der Waals surface area contributed by atoms with Crippen molar-refractivity contribution < 1.29 is 28.2 Å². The third kappa shape index (κ3) is 5.95. The molecule has 1 aromatic rings. The molecule has 0 bridgehead atoms. The monoisotopic (exact) mass is 541 g/mol. The molecule has 2 amide bonds. The highest BCUT2D eigenvalue weighted by atomic mass is 79.9. The summed E-state index contributed by atoms with van der Waals surface area (Å²) >= 11 is 3.40. The summed E-state index contributed by atoms with van der Waals surface area (Å²) in [6.07, 6.45) is 1.13.